The predicted molar refractivity (Wildman–Crippen MR) is 56.7 cm³/mol. The van der Waals surface area contributed by atoms with E-state index >= 15 is 0 Å². The molecule has 0 aliphatic heterocycles. The lowest BCUT2D eigenvalue weighted by molar-refractivity contribution is 0.506. The van der Waals surface area contributed by atoms with Gasteiger partial charge in [-0.1, -0.05) is 6.07 Å². The Morgan fingerprint density at radius 1 is 1.07 bits per heavy atom. The molecule has 2 aromatic rings. The Balaban J connectivity index is 2.34. The summed E-state index contributed by atoms with van der Waals surface area (Å²) in [5.41, 5.74) is 7.38. The van der Waals surface area contributed by atoms with Crippen molar-refractivity contribution < 1.29 is 8.78 Å². The van der Waals surface area contributed by atoms with Crippen LogP contribution >= 0.6 is 11.3 Å². The van der Waals surface area contributed by atoms with E-state index in [1.54, 1.807) is 0 Å². The van der Waals surface area contributed by atoms with Gasteiger partial charge in [0.15, 0.2) is 11.6 Å². The van der Waals surface area contributed by atoms with Crippen LogP contribution in [0.25, 0.3) is 0 Å². The number of rotatable bonds is 2. The smallest absolute Gasteiger partial charge is 0.159 e. The van der Waals surface area contributed by atoms with Gasteiger partial charge in [0.25, 0.3) is 0 Å². The third kappa shape index (κ3) is 2.06. The molecule has 1 aromatic heterocycles. The van der Waals surface area contributed by atoms with Crippen molar-refractivity contribution in [2.45, 2.75) is 6.04 Å². The Morgan fingerprint density at radius 3 is 2.47 bits per heavy atom. The molecule has 0 radical (unpaired) electrons. The molecule has 1 heterocycles. The Labute approximate surface area is 90.2 Å². The standard InChI is InChI=1S/C11H9F2NS/c12-9-2-1-7(5-10(9)13)11(14)8-3-4-15-6-8/h1-6,11H,14H2. The highest BCUT2D eigenvalue weighted by molar-refractivity contribution is 7.08. The summed E-state index contributed by atoms with van der Waals surface area (Å²) < 4.78 is 25.6. The second-order valence-electron chi connectivity index (χ2n) is 3.21. The van der Waals surface area contributed by atoms with E-state index in [0.717, 1.165) is 17.7 Å². The molecule has 2 rings (SSSR count). The van der Waals surface area contributed by atoms with Gasteiger partial charge in [0.1, 0.15) is 0 Å². The van der Waals surface area contributed by atoms with Gasteiger partial charge >= 0.3 is 0 Å². The van der Waals surface area contributed by atoms with Crippen LogP contribution in [0.5, 0.6) is 0 Å². The molecule has 0 aliphatic carbocycles. The summed E-state index contributed by atoms with van der Waals surface area (Å²) >= 11 is 1.52. The van der Waals surface area contributed by atoms with Crippen molar-refractivity contribution in [1.82, 2.24) is 0 Å². The molecule has 0 spiro atoms. The lowest BCUT2D eigenvalue weighted by Crippen LogP contribution is -2.11. The highest BCUT2D eigenvalue weighted by atomic mass is 32.1. The quantitative estimate of drug-likeness (QED) is 0.835. The number of nitrogens with two attached hydrogens (primary N) is 1. The van der Waals surface area contributed by atoms with Crippen molar-refractivity contribution in [2.75, 3.05) is 0 Å². The van der Waals surface area contributed by atoms with Crippen molar-refractivity contribution in [3.63, 3.8) is 0 Å². The van der Waals surface area contributed by atoms with Crippen molar-refractivity contribution in [1.29, 1.82) is 0 Å². The predicted octanol–water partition coefficient (Wildman–Crippen LogP) is 3.07. The maximum Gasteiger partial charge on any atom is 0.159 e. The van der Waals surface area contributed by atoms with Crippen molar-refractivity contribution in [3.8, 4) is 0 Å². The summed E-state index contributed by atoms with van der Waals surface area (Å²) in [6.07, 6.45) is 0. The van der Waals surface area contributed by atoms with Crippen molar-refractivity contribution in [2.24, 2.45) is 5.73 Å². The van der Waals surface area contributed by atoms with Gasteiger partial charge in [0.2, 0.25) is 0 Å². The number of hydrogen-bond donors (Lipinski definition) is 1. The second kappa shape index (κ2) is 4.08. The van der Waals surface area contributed by atoms with Crippen LogP contribution in [-0.2, 0) is 0 Å². The fraction of sp³-hybridized carbons (Fsp3) is 0.0909. The Morgan fingerprint density at radius 2 is 1.87 bits per heavy atom. The minimum atomic E-state index is -0.863. The van der Waals surface area contributed by atoms with Gasteiger partial charge in [-0.15, -0.1) is 0 Å². The fourth-order valence-corrected chi connectivity index (χ4v) is 2.05. The number of hydrogen-bond acceptors (Lipinski definition) is 2. The molecule has 4 heteroatoms. The SMILES string of the molecule is NC(c1ccsc1)c1ccc(F)c(F)c1. The summed E-state index contributed by atoms with van der Waals surface area (Å²) in [4.78, 5) is 0. The summed E-state index contributed by atoms with van der Waals surface area (Å²) in [7, 11) is 0. The molecule has 0 fully saturated rings. The first-order chi connectivity index (χ1) is 7.18. The summed E-state index contributed by atoms with van der Waals surface area (Å²) in [5.74, 6) is -1.71. The van der Waals surface area contributed by atoms with Crippen molar-refractivity contribution >= 4 is 11.3 Å². The van der Waals surface area contributed by atoms with Crippen LogP contribution in [0, 0.1) is 11.6 Å². The first-order valence-electron chi connectivity index (χ1n) is 4.41. The third-order valence-corrected chi connectivity index (χ3v) is 2.91. The average Bonchev–Trinajstić information content (AvgIpc) is 2.74. The van der Waals surface area contributed by atoms with E-state index in [-0.39, 0.29) is 0 Å². The van der Waals surface area contributed by atoms with Crippen molar-refractivity contribution in [3.05, 3.63) is 57.8 Å². The highest BCUT2D eigenvalue weighted by Gasteiger charge is 2.11. The lowest BCUT2D eigenvalue weighted by Gasteiger charge is -2.10. The molecule has 1 atom stereocenters. The van der Waals surface area contributed by atoms with Crippen LogP contribution in [0.3, 0.4) is 0 Å². The van der Waals surface area contributed by atoms with Gasteiger partial charge in [-0.25, -0.2) is 8.78 Å². The number of thiophene rings is 1. The molecule has 15 heavy (non-hydrogen) atoms. The van der Waals surface area contributed by atoms with Crippen LogP contribution in [0.1, 0.15) is 17.2 Å². The Kier molecular flexibility index (Phi) is 2.79. The molecule has 1 aromatic carbocycles. The molecule has 0 saturated heterocycles. The van der Waals surface area contributed by atoms with Gasteiger partial charge in [0, 0.05) is 0 Å². The molecule has 1 nitrogen and oxygen atoms in total. The van der Waals surface area contributed by atoms with Gasteiger partial charge in [-0.2, -0.15) is 11.3 Å². The van der Waals surface area contributed by atoms with Crippen LogP contribution in [-0.4, -0.2) is 0 Å². The van der Waals surface area contributed by atoms with Gasteiger partial charge in [-0.3, -0.25) is 0 Å². The highest BCUT2D eigenvalue weighted by Crippen LogP contribution is 2.22. The number of benzene rings is 1. The van der Waals surface area contributed by atoms with Crippen LogP contribution in [0.4, 0.5) is 8.78 Å². The minimum absolute atomic E-state index is 0.397. The van der Waals surface area contributed by atoms with E-state index in [2.05, 4.69) is 0 Å². The summed E-state index contributed by atoms with van der Waals surface area (Å²) in [6.45, 7) is 0. The molecule has 0 aliphatic rings. The van der Waals surface area contributed by atoms with Crippen LogP contribution < -0.4 is 5.73 Å². The average molecular weight is 225 g/mol. The zero-order chi connectivity index (χ0) is 10.8. The van der Waals surface area contributed by atoms with Gasteiger partial charge in [0.05, 0.1) is 6.04 Å². The molecule has 0 bridgehead atoms. The van der Waals surface area contributed by atoms with E-state index in [9.17, 15) is 8.78 Å². The van der Waals surface area contributed by atoms with E-state index in [0.29, 0.717) is 5.56 Å². The first kappa shape index (κ1) is 10.3. The molecular weight excluding hydrogens is 216 g/mol. The maximum atomic E-state index is 13.0. The topological polar surface area (TPSA) is 26.0 Å². The number of halogens is 2. The lowest BCUT2D eigenvalue weighted by atomic mass is 10.0. The Hall–Kier alpha value is -1.26. The molecule has 0 saturated carbocycles. The zero-order valence-corrected chi connectivity index (χ0v) is 8.60. The minimum Gasteiger partial charge on any atom is -0.320 e. The normalized spacial score (nSPS) is 12.7. The molecule has 78 valence electrons. The van der Waals surface area contributed by atoms with E-state index < -0.39 is 17.7 Å². The van der Waals surface area contributed by atoms with E-state index in [1.165, 1.54) is 17.4 Å². The zero-order valence-electron chi connectivity index (χ0n) is 7.78. The summed E-state index contributed by atoms with van der Waals surface area (Å²) in [6, 6.07) is 5.21. The fourth-order valence-electron chi connectivity index (χ4n) is 1.35. The van der Waals surface area contributed by atoms with Crippen LogP contribution in [0.15, 0.2) is 35.0 Å². The van der Waals surface area contributed by atoms with E-state index in [1.807, 2.05) is 16.8 Å². The molecular formula is C11H9F2NS. The van der Waals surface area contributed by atoms with Crippen LogP contribution in [0.2, 0.25) is 0 Å². The molecule has 2 N–H and O–H groups in total. The molecule has 0 amide bonds. The first-order valence-corrected chi connectivity index (χ1v) is 5.35. The summed E-state index contributed by atoms with van der Waals surface area (Å²) in [5, 5.41) is 3.79. The largest absolute Gasteiger partial charge is 0.320 e. The van der Waals surface area contributed by atoms with E-state index in [4.69, 9.17) is 5.73 Å². The third-order valence-electron chi connectivity index (χ3n) is 2.21. The maximum absolute atomic E-state index is 13.0. The monoisotopic (exact) mass is 225 g/mol. The Bertz CT molecular complexity index is 454. The van der Waals surface area contributed by atoms with Gasteiger partial charge in [-0.05, 0) is 40.1 Å². The second-order valence-corrected chi connectivity index (χ2v) is 3.99. The van der Waals surface area contributed by atoms with Gasteiger partial charge < -0.3 is 5.73 Å². The molecule has 1 unspecified atom stereocenters.